The van der Waals surface area contributed by atoms with Gasteiger partial charge in [0.25, 0.3) is 5.91 Å². The number of carbonyl (C=O) groups is 2. The van der Waals surface area contributed by atoms with Crippen LogP contribution in [0, 0.1) is 3.57 Å². The zero-order chi connectivity index (χ0) is 21.1. The summed E-state index contributed by atoms with van der Waals surface area (Å²) in [7, 11) is 0. The van der Waals surface area contributed by atoms with E-state index >= 15 is 0 Å². The van der Waals surface area contributed by atoms with Gasteiger partial charge in [-0.25, -0.2) is 0 Å². The molecule has 0 saturated heterocycles. The number of nitrogens with zero attached hydrogens (tertiary/aromatic N) is 1. The van der Waals surface area contributed by atoms with E-state index in [-0.39, 0.29) is 18.4 Å². The van der Waals surface area contributed by atoms with E-state index in [1.807, 2.05) is 68.4 Å². The summed E-state index contributed by atoms with van der Waals surface area (Å²) in [4.78, 5) is 27.3. The first kappa shape index (κ1) is 23.2. The van der Waals surface area contributed by atoms with E-state index in [0.29, 0.717) is 31.7 Å². The van der Waals surface area contributed by atoms with Crippen LogP contribution in [0.3, 0.4) is 0 Å². The van der Waals surface area contributed by atoms with Crippen molar-refractivity contribution < 1.29 is 14.3 Å². The highest BCUT2D eigenvalue weighted by molar-refractivity contribution is 14.1. The molecule has 0 aromatic heterocycles. The fourth-order valence-corrected chi connectivity index (χ4v) is 3.38. The first-order valence-electron chi connectivity index (χ1n) is 10.0. The van der Waals surface area contributed by atoms with Crippen molar-refractivity contribution in [1.82, 2.24) is 10.2 Å². The number of hydrogen-bond donors (Lipinski definition) is 1. The Balaban J connectivity index is 2.09. The quantitative estimate of drug-likeness (QED) is 0.467. The molecule has 156 valence electrons. The summed E-state index contributed by atoms with van der Waals surface area (Å²) in [6.07, 6.45) is 2.10. The van der Waals surface area contributed by atoms with Crippen molar-refractivity contribution in [2.24, 2.45) is 0 Å². The molecule has 6 heteroatoms. The largest absolute Gasteiger partial charge is 0.484 e. The van der Waals surface area contributed by atoms with Crippen LogP contribution in [0.1, 0.15) is 32.3 Å². The van der Waals surface area contributed by atoms with Gasteiger partial charge < -0.3 is 15.0 Å². The summed E-state index contributed by atoms with van der Waals surface area (Å²) in [6.45, 7) is 4.92. The maximum atomic E-state index is 13.0. The van der Waals surface area contributed by atoms with Gasteiger partial charge in [0.05, 0.1) is 0 Å². The Labute approximate surface area is 187 Å². The first-order valence-corrected chi connectivity index (χ1v) is 11.1. The van der Waals surface area contributed by atoms with Crippen LogP contribution in [-0.2, 0) is 16.0 Å². The number of carbonyl (C=O) groups excluding carboxylic acids is 2. The zero-order valence-electron chi connectivity index (χ0n) is 17.1. The summed E-state index contributed by atoms with van der Waals surface area (Å²) in [6, 6.07) is 17.0. The minimum absolute atomic E-state index is 0.0903. The Hall–Kier alpha value is -2.09. The predicted octanol–water partition coefficient (Wildman–Crippen LogP) is 4.05. The van der Waals surface area contributed by atoms with Crippen molar-refractivity contribution in [1.29, 1.82) is 0 Å². The van der Waals surface area contributed by atoms with Crippen LogP contribution in [0.25, 0.3) is 0 Å². The number of ether oxygens (including phenoxy) is 1. The van der Waals surface area contributed by atoms with E-state index in [9.17, 15) is 9.59 Å². The lowest BCUT2D eigenvalue weighted by atomic mass is 10.1. The van der Waals surface area contributed by atoms with Gasteiger partial charge in [0.2, 0.25) is 5.91 Å². The average Bonchev–Trinajstić information content (AvgIpc) is 2.75. The molecular weight excluding hydrogens is 479 g/mol. The van der Waals surface area contributed by atoms with E-state index in [4.69, 9.17) is 4.74 Å². The Morgan fingerprint density at radius 2 is 1.76 bits per heavy atom. The summed E-state index contributed by atoms with van der Waals surface area (Å²) < 4.78 is 6.79. The third kappa shape index (κ3) is 7.68. The van der Waals surface area contributed by atoms with Crippen LogP contribution in [-0.4, -0.2) is 42.5 Å². The molecule has 0 bridgehead atoms. The van der Waals surface area contributed by atoms with Gasteiger partial charge in [-0.1, -0.05) is 44.2 Å². The number of rotatable bonds is 11. The lowest BCUT2D eigenvalue weighted by molar-refractivity contribution is -0.142. The predicted molar refractivity (Wildman–Crippen MR) is 124 cm³/mol. The lowest BCUT2D eigenvalue weighted by Gasteiger charge is -2.30. The fraction of sp³-hybridized carbons (Fsp3) is 0.391. The van der Waals surface area contributed by atoms with Crippen molar-refractivity contribution in [2.45, 2.75) is 39.2 Å². The van der Waals surface area contributed by atoms with E-state index in [1.165, 1.54) is 0 Å². The second-order valence-corrected chi connectivity index (χ2v) is 8.03. The lowest BCUT2D eigenvalue weighted by Crippen LogP contribution is -2.51. The van der Waals surface area contributed by atoms with Crippen LogP contribution in [0.2, 0.25) is 0 Å². The maximum absolute atomic E-state index is 13.0. The summed E-state index contributed by atoms with van der Waals surface area (Å²) in [5.74, 6) is 0.355. The van der Waals surface area contributed by atoms with Crippen LogP contribution in [0.15, 0.2) is 54.6 Å². The highest BCUT2D eigenvalue weighted by Crippen LogP contribution is 2.15. The van der Waals surface area contributed by atoms with Gasteiger partial charge in [0.1, 0.15) is 11.8 Å². The summed E-state index contributed by atoms with van der Waals surface area (Å²) in [5, 5.41) is 2.92. The van der Waals surface area contributed by atoms with E-state index in [0.717, 1.165) is 15.6 Å². The van der Waals surface area contributed by atoms with Crippen molar-refractivity contribution >= 4 is 34.4 Å². The molecule has 0 fully saturated rings. The molecule has 1 N–H and O–H groups in total. The number of halogens is 1. The Bertz CT molecular complexity index is 765. The highest BCUT2D eigenvalue weighted by atomic mass is 127. The Morgan fingerprint density at radius 1 is 1.07 bits per heavy atom. The molecule has 2 aromatic rings. The van der Waals surface area contributed by atoms with E-state index in [1.54, 1.807) is 4.90 Å². The molecule has 0 aliphatic carbocycles. The van der Waals surface area contributed by atoms with Gasteiger partial charge in [-0.15, -0.1) is 0 Å². The third-order valence-electron chi connectivity index (χ3n) is 4.60. The number of nitrogens with one attached hydrogen (secondary N) is 1. The SMILES string of the molecule is CCCNC(=O)[C@H](CC)N(CCc1ccccc1)C(=O)COc1ccc(I)cc1. The third-order valence-corrected chi connectivity index (χ3v) is 5.31. The van der Waals surface area contributed by atoms with Crippen LogP contribution < -0.4 is 10.1 Å². The maximum Gasteiger partial charge on any atom is 0.261 e. The van der Waals surface area contributed by atoms with Crippen molar-refractivity contribution in [3.05, 3.63) is 63.7 Å². The molecule has 2 amide bonds. The van der Waals surface area contributed by atoms with Crippen LogP contribution in [0.5, 0.6) is 5.75 Å². The highest BCUT2D eigenvalue weighted by Gasteiger charge is 2.28. The van der Waals surface area contributed by atoms with E-state index in [2.05, 4.69) is 27.9 Å². The van der Waals surface area contributed by atoms with E-state index < -0.39 is 6.04 Å². The molecule has 2 rings (SSSR count). The number of benzene rings is 2. The second kappa shape index (κ2) is 12.5. The zero-order valence-corrected chi connectivity index (χ0v) is 19.2. The summed E-state index contributed by atoms with van der Waals surface area (Å²) in [5.41, 5.74) is 1.13. The molecular formula is C23H29IN2O3. The molecule has 0 saturated carbocycles. The minimum Gasteiger partial charge on any atom is -0.484 e. The first-order chi connectivity index (χ1) is 14.0. The smallest absolute Gasteiger partial charge is 0.261 e. The Morgan fingerprint density at radius 3 is 2.38 bits per heavy atom. The molecule has 1 atom stereocenters. The molecule has 5 nitrogen and oxygen atoms in total. The van der Waals surface area contributed by atoms with Crippen molar-refractivity contribution in [2.75, 3.05) is 19.7 Å². The normalized spacial score (nSPS) is 11.6. The molecule has 29 heavy (non-hydrogen) atoms. The molecule has 0 unspecified atom stereocenters. The van der Waals surface area contributed by atoms with Gasteiger partial charge >= 0.3 is 0 Å². The molecule has 2 aromatic carbocycles. The standard InChI is InChI=1S/C23H29IN2O3/c1-3-15-25-23(28)21(4-2)26(16-14-18-8-6-5-7-9-18)22(27)17-29-20-12-10-19(24)11-13-20/h5-13,21H,3-4,14-17H2,1-2H3,(H,25,28)/t21-/m0/s1. The number of hydrogen-bond acceptors (Lipinski definition) is 3. The molecule has 0 heterocycles. The Kier molecular flexibility index (Phi) is 9.97. The van der Waals surface area contributed by atoms with Gasteiger partial charge in [-0.05, 0) is 71.7 Å². The fourth-order valence-electron chi connectivity index (χ4n) is 3.02. The molecule has 0 spiro atoms. The summed E-state index contributed by atoms with van der Waals surface area (Å²) >= 11 is 2.22. The van der Waals surface area contributed by atoms with Crippen LogP contribution >= 0.6 is 22.6 Å². The van der Waals surface area contributed by atoms with Crippen molar-refractivity contribution in [3.8, 4) is 5.75 Å². The topological polar surface area (TPSA) is 58.6 Å². The average molecular weight is 508 g/mol. The van der Waals surface area contributed by atoms with Gasteiger partial charge in [0, 0.05) is 16.7 Å². The number of amides is 2. The van der Waals surface area contributed by atoms with Crippen molar-refractivity contribution in [3.63, 3.8) is 0 Å². The molecule has 0 aliphatic heterocycles. The molecule has 0 radical (unpaired) electrons. The minimum atomic E-state index is -0.502. The van der Waals surface area contributed by atoms with Gasteiger partial charge in [0.15, 0.2) is 6.61 Å². The monoisotopic (exact) mass is 508 g/mol. The van der Waals surface area contributed by atoms with Crippen LogP contribution in [0.4, 0.5) is 0 Å². The van der Waals surface area contributed by atoms with Gasteiger partial charge in [-0.2, -0.15) is 0 Å². The molecule has 0 aliphatic rings. The second-order valence-electron chi connectivity index (χ2n) is 6.78. The van der Waals surface area contributed by atoms with Gasteiger partial charge in [-0.3, -0.25) is 9.59 Å².